The average Bonchev–Trinajstić information content (AvgIpc) is 1.53. The Morgan fingerprint density at radius 1 is 0.196 bits per heavy atom. The van der Waals surface area contributed by atoms with Crippen molar-refractivity contribution in [2.45, 2.75) is 0 Å². The molecule has 10 aromatic heterocycles. The summed E-state index contributed by atoms with van der Waals surface area (Å²) in [4.78, 5) is 33.3. The van der Waals surface area contributed by atoms with E-state index in [4.69, 9.17) is 36.8 Å². The molecule has 0 saturated heterocycles. The summed E-state index contributed by atoms with van der Waals surface area (Å²) in [6, 6.07) is 144. The zero-order valence-corrected chi connectivity index (χ0v) is 79.2. The van der Waals surface area contributed by atoms with Crippen LogP contribution in [-0.4, -0.2) is 43.6 Å². The van der Waals surface area contributed by atoms with Gasteiger partial charge in [-0.25, -0.2) is 29.9 Å². The molecule has 0 spiro atoms. The van der Waals surface area contributed by atoms with E-state index in [9.17, 15) is 0 Å². The van der Waals surface area contributed by atoms with Gasteiger partial charge in [-0.3, -0.25) is 13.7 Å². The Morgan fingerprint density at radius 3 is 1.04 bits per heavy atom. The van der Waals surface area contributed by atoms with Crippen LogP contribution >= 0.6 is 45.3 Å². The Balaban J connectivity index is 0.000000100. The summed E-state index contributed by atoms with van der Waals surface area (Å²) >= 11 is 7.34. The van der Waals surface area contributed by atoms with Gasteiger partial charge in [0, 0.05) is 141 Å². The van der Waals surface area contributed by atoms with E-state index in [1.807, 2.05) is 65.1 Å². The van der Waals surface area contributed by atoms with Gasteiger partial charge in [0.15, 0.2) is 17.5 Å². The normalized spacial score (nSPS) is 12.7. The third kappa shape index (κ3) is 11.9. The SMILES string of the molecule is [2H]c1c([2H])c([2H])c(-c2nc3ccccc3nc2-n2c3ccccc3c3c4sc5c6ccccc6ccc5c4c4ccccc4c32)c([2H])c1[2H].c1ccc(-c2nc3sc4ccccc4c3nc2-n2c3ccccc3c3c4sc5c6ccccc6ccc5c4c4ccccc4c32)cc1.c1ccc2cc(-c3nc4ccc5ccccc5c4nc3-n3c4ccccc4c4c5sc6c7ccccc7ccc6c5c5ccccc5c43)ccc2c1. The van der Waals surface area contributed by atoms with Crippen LogP contribution in [0.1, 0.15) is 6.85 Å². The van der Waals surface area contributed by atoms with Gasteiger partial charge < -0.3 is 0 Å². The molecule has 0 aliphatic heterocycles. The van der Waals surface area contributed by atoms with Crippen LogP contribution in [0.15, 0.2) is 443 Å². The molecule has 33 aromatic rings. The van der Waals surface area contributed by atoms with Gasteiger partial charge in [-0.05, 0) is 113 Å². The Hall–Kier alpha value is -17.8. The van der Waals surface area contributed by atoms with Crippen LogP contribution in [0.4, 0.5) is 0 Å². The predicted octanol–water partition coefficient (Wildman–Crippen LogP) is 36.7. The molecule has 662 valence electrons. The van der Waals surface area contributed by atoms with Crippen molar-refractivity contribution in [1.82, 2.24) is 43.6 Å². The molecule has 0 unspecified atom stereocenters. The first kappa shape index (κ1) is 75.2. The zero-order valence-electron chi connectivity index (χ0n) is 80.9. The minimum atomic E-state index is -0.448. The number of nitrogens with zero attached hydrogens (tertiary/aromatic N) is 9. The van der Waals surface area contributed by atoms with Crippen LogP contribution < -0.4 is 0 Å². The van der Waals surface area contributed by atoms with E-state index >= 15 is 0 Å². The molecule has 0 radical (unpaired) electrons. The number of benzene rings is 23. The molecule has 33 rings (SSSR count). The maximum atomic E-state index is 8.95. The minimum absolute atomic E-state index is 0.0175. The average molecular weight is 1890 g/mol. The van der Waals surface area contributed by atoms with Crippen LogP contribution in [0, 0.1) is 0 Å². The second-order valence-electron chi connectivity index (χ2n) is 36.8. The van der Waals surface area contributed by atoms with Crippen molar-refractivity contribution >= 4 is 300 Å². The number of rotatable bonds is 6. The molecule has 0 atom stereocenters. The monoisotopic (exact) mass is 1890 g/mol. The minimum Gasteiger partial charge on any atom is -0.291 e. The smallest absolute Gasteiger partial charge is 0.165 e. The van der Waals surface area contributed by atoms with Crippen LogP contribution in [0.5, 0.6) is 0 Å². The molecule has 0 N–H and O–H groups in total. The second kappa shape index (κ2) is 31.3. The molecule has 23 aromatic carbocycles. The fourth-order valence-electron chi connectivity index (χ4n) is 23.0. The quantitative estimate of drug-likeness (QED) is 0.154. The molecular formula is C130H73N9S4. The summed E-state index contributed by atoms with van der Waals surface area (Å²) in [6.07, 6.45) is 0. The fourth-order valence-corrected chi connectivity index (χ4v) is 28.2. The highest BCUT2D eigenvalue weighted by Crippen LogP contribution is 2.56. The van der Waals surface area contributed by atoms with Crippen molar-refractivity contribution < 1.29 is 6.85 Å². The van der Waals surface area contributed by atoms with Crippen molar-refractivity contribution in [2.24, 2.45) is 0 Å². The van der Waals surface area contributed by atoms with E-state index in [-0.39, 0.29) is 23.3 Å². The summed E-state index contributed by atoms with van der Waals surface area (Å²) in [6.45, 7) is 0. The molecule has 0 amide bonds. The lowest BCUT2D eigenvalue weighted by molar-refractivity contribution is 1.08. The molecule has 0 aliphatic carbocycles. The molecule has 10 heterocycles. The van der Waals surface area contributed by atoms with E-state index in [0.29, 0.717) is 16.9 Å². The number of hydrogen-bond acceptors (Lipinski definition) is 10. The summed E-state index contributed by atoms with van der Waals surface area (Å²) in [7, 11) is 0. The Labute approximate surface area is 837 Å². The van der Waals surface area contributed by atoms with Gasteiger partial charge in [0.1, 0.15) is 27.4 Å². The van der Waals surface area contributed by atoms with Crippen LogP contribution in [0.3, 0.4) is 0 Å². The summed E-state index contributed by atoms with van der Waals surface area (Å²) in [5.74, 6) is 2.09. The fraction of sp³-hybridized carbons (Fsp3) is 0. The van der Waals surface area contributed by atoms with E-state index < -0.39 is 18.1 Å². The zero-order chi connectivity index (χ0) is 97.7. The third-order valence-corrected chi connectivity index (χ3v) is 34.0. The molecular weight excluding hydrogens is 1820 g/mol. The highest BCUT2D eigenvalue weighted by atomic mass is 32.1. The standard InChI is InChI=1S/C48H27N3S.C42H23N3S2.C40H23N3S/c1-2-14-31-27-32(22-21-28(31)11-1)43-48(50-44-33-15-5-3-12-29(33)24-26-39(44)49-43)51-40-20-10-9-19-37(40)42-45(51)36-18-8-7-17-35(36)41-38-25-23-30-13-4-6-16-34(30)46(38)52-47(41)42;1-2-13-25(14-3-1)36-41(43-37-30-19-9-11-21-33(30)46-42(37)44-36)45-32-20-10-8-18-29(32)35-38(45)28-17-7-6-16-27(28)34-31-23-22-24-12-4-5-15-26(24)39(31)47-40(34)35;1-2-13-25(14-3-1)36-40(42-32-20-10-9-19-31(32)41-36)43-33-21-11-8-18-29(33)35-37(43)28-17-7-6-16-27(28)34-30-23-22-24-12-4-5-15-26(24)38(30)44-39(34)35/h1-27H;1-23H;1-23H/i;;1D,2D,3D,13D,14D. The Morgan fingerprint density at radius 2 is 0.545 bits per heavy atom. The first-order chi connectivity index (χ1) is 73.0. The van der Waals surface area contributed by atoms with Gasteiger partial charge in [0.25, 0.3) is 0 Å². The van der Waals surface area contributed by atoms with Gasteiger partial charge in [-0.2, -0.15) is 0 Å². The van der Waals surface area contributed by atoms with E-state index in [1.165, 1.54) is 152 Å². The van der Waals surface area contributed by atoms with Crippen molar-refractivity contribution in [3.8, 4) is 51.2 Å². The van der Waals surface area contributed by atoms with Gasteiger partial charge in [0.2, 0.25) is 0 Å². The van der Waals surface area contributed by atoms with Crippen molar-refractivity contribution in [3.05, 3.63) is 443 Å². The number of para-hydroxylation sites is 5. The van der Waals surface area contributed by atoms with Crippen molar-refractivity contribution in [1.29, 1.82) is 0 Å². The maximum absolute atomic E-state index is 8.95. The van der Waals surface area contributed by atoms with E-state index in [1.54, 1.807) is 22.7 Å². The van der Waals surface area contributed by atoms with Crippen LogP contribution in [0.25, 0.3) is 306 Å². The van der Waals surface area contributed by atoms with Crippen molar-refractivity contribution in [3.63, 3.8) is 0 Å². The first-order valence-electron chi connectivity index (χ1n) is 50.4. The highest BCUT2D eigenvalue weighted by molar-refractivity contribution is 7.29. The Kier molecular flexibility index (Phi) is 16.5. The van der Waals surface area contributed by atoms with Gasteiger partial charge in [-0.15, -0.1) is 45.3 Å². The topological polar surface area (TPSA) is 92.1 Å². The molecule has 13 heteroatoms. The van der Waals surface area contributed by atoms with Gasteiger partial charge >= 0.3 is 0 Å². The van der Waals surface area contributed by atoms with Gasteiger partial charge in [0.05, 0.1) is 62.0 Å². The number of hydrogen-bond donors (Lipinski definition) is 0. The molecule has 9 nitrogen and oxygen atoms in total. The number of thiophene rings is 4. The summed E-state index contributed by atoms with van der Waals surface area (Å²) < 4.78 is 58.9. The molecule has 143 heavy (non-hydrogen) atoms. The summed E-state index contributed by atoms with van der Waals surface area (Å²) in [5.41, 5.74) is 14.4. The van der Waals surface area contributed by atoms with Gasteiger partial charge in [-0.1, -0.05) is 394 Å². The molecule has 0 bridgehead atoms. The second-order valence-corrected chi connectivity index (χ2v) is 40.9. The third-order valence-electron chi connectivity index (χ3n) is 29.1. The molecule has 0 fully saturated rings. The van der Waals surface area contributed by atoms with Crippen molar-refractivity contribution in [2.75, 3.05) is 0 Å². The Bertz CT molecular complexity index is 11700. The van der Waals surface area contributed by atoms with E-state index in [2.05, 4.69) is 384 Å². The number of fused-ring (bicyclic) bond motifs is 44. The largest absolute Gasteiger partial charge is 0.291 e. The number of aromatic nitrogens is 9. The lowest BCUT2D eigenvalue weighted by Gasteiger charge is -2.16. The predicted molar refractivity (Wildman–Crippen MR) is 612 cm³/mol. The first-order valence-corrected chi connectivity index (χ1v) is 51.1. The lowest BCUT2D eigenvalue weighted by atomic mass is 9.98. The highest BCUT2D eigenvalue weighted by Gasteiger charge is 2.32. The maximum Gasteiger partial charge on any atom is 0.165 e. The van der Waals surface area contributed by atoms with Crippen LogP contribution in [0.2, 0.25) is 0 Å². The molecule has 0 saturated carbocycles. The lowest BCUT2D eigenvalue weighted by Crippen LogP contribution is -2.04. The van der Waals surface area contributed by atoms with E-state index in [0.717, 1.165) is 126 Å². The molecule has 0 aliphatic rings. The van der Waals surface area contributed by atoms with Crippen LogP contribution in [-0.2, 0) is 0 Å². The summed E-state index contributed by atoms with van der Waals surface area (Å²) in [5, 5.41) is 35.2.